The van der Waals surface area contributed by atoms with Gasteiger partial charge in [0.05, 0.1) is 12.4 Å². The van der Waals surface area contributed by atoms with E-state index >= 15 is 0 Å². The summed E-state index contributed by atoms with van der Waals surface area (Å²) in [5.41, 5.74) is 0.660. The second-order valence-electron chi connectivity index (χ2n) is 1.79. The standard InChI is InChI=1S/C5H3ClN4/c6-4-1-7-2-5-9-8-3-10(4)5/h1-3H. The summed E-state index contributed by atoms with van der Waals surface area (Å²) in [4.78, 5) is 3.83. The first kappa shape index (κ1) is 5.61. The number of halogens is 1. The molecule has 0 aromatic carbocycles. The molecule has 0 aliphatic heterocycles. The molecule has 2 heterocycles. The number of aromatic nitrogens is 4. The Kier molecular flexibility index (Phi) is 1.07. The number of nitrogens with zero attached hydrogens (tertiary/aromatic N) is 4. The molecular weight excluding hydrogens is 152 g/mol. The van der Waals surface area contributed by atoms with E-state index < -0.39 is 0 Å². The topological polar surface area (TPSA) is 43.1 Å². The molecule has 5 heteroatoms. The van der Waals surface area contributed by atoms with Crippen molar-refractivity contribution in [2.75, 3.05) is 0 Å². The maximum atomic E-state index is 5.72. The molecule has 0 radical (unpaired) electrons. The third-order valence-corrected chi connectivity index (χ3v) is 1.46. The molecule has 0 bridgehead atoms. The Hall–Kier alpha value is -1.16. The van der Waals surface area contributed by atoms with E-state index in [0.717, 1.165) is 0 Å². The van der Waals surface area contributed by atoms with Crippen molar-refractivity contribution in [3.8, 4) is 0 Å². The normalized spacial score (nSPS) is 10.5. The second-order valence-corrected chi connectivity index (χ2v) is 2.18. The van der Waals surface area contributed by atoms with Crippen molar-refractivity contribution < 1.29 is 0 Å². The summed E-state index contributed by atoms with van der Waals surface area (Å²) in [7, 11) is 0. The minimum Gasteiger partial charge on any atom is -0.269 e. The maximum absolute atomic E-state index is 5.72. The lowest BCUT2D eigenvalue weighted by molar-refractivity contribution is 1.10. The molecule has 0 unspecified atom stereocenters. The minimum absolute atomic E-state index is 0.516. The lowest BCUT2D eigenvalue weighted by Crippen LogP contribution is -1.85. The van der Waals surface area contributed by atoms with Gasteiger partial charge in [0.1, 0.15) is 11.5 Å². The molecule has 0 amide bonds. The summed E-state index contributed by atoms with van der Waals surface area (Å²) in [6.45, 7) is 0. The van der Waals surface area contributed by atoms with Gasteiger partial charge in [0.15, 0.2) is 5.65 Å². The first-order valence-electron chi connectivity index (χ1n) is 2.67. The molecule has 0 aliphatic carbocycles. The highest BCUT2D eigenvalue weighted by molar-refractivity contribution is 6.29. The molecule has 2 aromatic heterocycles. The number of hydrogen-bond acceptors (Lipinski definition) is 3. The highest BCUT2D eigenvalue weighted by Gasteiger charge is 1.96. The van der Waals surface area contributed by atoms with E-state index in [1.165, 1.54) is 6.20 Å². The predicted octanol–water partition coefficient (Wildman–Crippen LogP) is 0.778. The molecule has 10 heavy (non-hydrogen) atoms. The van der Waals surface area contributed by atoms with Crippen LogP contribution in [0.15, 0.2) is 18.7 Å². The molecule has 0 saturated carbocycles. The van der Waals surface area contributed by atoms with Crippen molar-refractivity contribution in [1.29, 1.82) is 0 Å². The zero-order valence-corrected chi connectivity index (χ0v) is 5.65. The van der Waals surface area contributed by atoms with Gasteiger partial charge in [0, 0.05) is 0 Å². The first-order valence-corrected chi connectivity index (χ1v) is 3.05. The number of fused-ring (bicyclic) bond motifs is 1. The lowest BCUT2D eigenvalue weighted by atomic mass is 10.7. The molecular formula is C5H3ClN4. The van der Waals surface area contributed by atoms with Gasteiger partial charge in [-0.25, -0.2) is 0 Å². The summed E-state index contributed by atoms with van der Waals surface area (Å²) >= 11 is 5.72. The molecule has 0 N–H and O–H groups in total. The Balaban J connectivity index is 2.95. The van der Waals surface area contributed by atoms with Crippen molar-refractivity contribution in [3.63, 3.8) is 0 Å². The largest absolute Gasteiger partial charge is 0.269 e. The fourth-order valence-electron chi connectivity index (χ4n) is 0.724. The quantitative estimate of drug-likeness (QED) is 0.563. The summed E-state index contributed by atoms with van der Waals surface area (Å²) in [5.74, 6) is 0. The van der Waals surface area contributed by atoms with Crippen molar-refractivity contribution in [2.45, 2.75) is 0 Å². The molecule has 4 nitrogen and oxygen atoms in total. The summed E-state index contributed by atoms with van der Waals surface area (Å²) in [6.07, 6.45) is 4.68. The molecule has 0 atom stereocenters. The van der Waals surface area contributed by atoms with E-state index in [-0.39, 0.29) is 0 Å². The third kappa shape index (κ3) is 0.657. The van der Waals surface area contributed by atoms with Gasteiger partial charge >= 0.3 is 0 Å². The van der Waals surface area contributed by atoms with Gasteiger partial charge in [0.2, 0.25) is 0 Å². The SMILES string of the molecule is Clc1cncc2nncn12. The van der Waals surface area contributed by atoms with Crippen LogP contribution in [0.4, 0.5) is 0 Å². The van der Waals surface area contributed by atoms with Gasteiger partial charge < -0.3 is 0 Å². The molecule has 0 fully saturated rings. The Labute approximate surface area is 61.5 Å². The van der Waals surface area contributed by atoms with E-state index in [0.29, 0.717) is 10.8 Å². The fraction of sp³-hybridized carbons (Fsp3) is 0. The summed E-state index contributed by atoms with van der Waals surface area (Å²) in [6, 6.07) is 0. The molecule has 2 aromatic rings. The predicted molar refractivity (Wildman–Crippen MR) is 35.8 cm³/mol. The molecule has 2 rings (SSSR count). The first-order chi connectivity index (χ1) is 4.88. The Morgan fingerprint density at radius 2 is 2.30 bits per heavy atom. The van der Waals surface area contributed by atoms with Crippen LogP contribution in [0.2, 0.25) is 5.15 Å². The van der Waals surface area contributed by atoms with Crippen LogP contribution in [0.5, 0.6) is 0 Å². The van der Waals surface area contributed by atoms with Crippen molar-refractivity contribution in [2.24, 2.45) is 0 Å². The van der Waals surface area contributed by atoms with E-state index in [2.05, 4.69) is 15.2 Å². The number of hydrogen-bond donors (Lipinski definition) is 0. The molecule has 0 saturated heterocycles. The van der Waals surface area contributed by atoms with E-state index in [1.807, 2.05) is 0 Å². The maximum Gasteiger partial charge on any atom is 0.180 e. The molecule has 0 spiro atoms. The van der Waals surface area contributed by atoms with Crippen LogP contribution in [0.1, 0.15) is 0 Å². The Morgan fingerprint density at radius 1 is 1.40 bits per heavy atom. The van der Waals surface area contributed by atoms with Crippen LogP contribution in [-0.4, -0.2) is 19.6 Å². The summed E-state index contributed by atoms with van der Waals surface area (Å²) in [5, 5.41) is 7.91. The van der Waals surface area contributed by atoms with Gasteiger partial charge in [-0.2, -0.15) is 0 Å². The third-order valence-electron chi connectivity index (χ3n) is 1.18. The Bertz CT molecular complexity index is 355. The zero-order valence-electron chi connectivity index (χ0n) is 4.90. The van der Waals surface area contributed by atoms with Crippen LogP contribution in [0.25, 0.3) is 5.65 Å². The Morgan fingerprint density at radius 3 is 3.10 bits per heavy atom. The molecule has 50 valence electrons. The zero-order chi connectivity index (χ0) is 6.97. The van der Waals surface area contributed by atoms with Crippen molar-refractivity contribution in [3.05, 3.63) is 23.9 Å². The highest BCUT2D eigenvalue weighted by Crippen LogP contribution is 2.06. The van der Waals surface area contributed by atoms with Gasteiger partial charge in [-0.15, -0.1) is 10.2 Å². The van der Waals surface area contributed by atoms with Crippen LogP contribution in [0.3, 0.4) is 0 Å². The summed E-state index contributed by atoms with van der Waals surface area (Å²) < 4.78 is 1.65. The lowest BCUT2D eigenvalue weighted by Gasteiger charge is -1.90. The highest BCUT2D eigenvalue weighted by atomic mass is 35.5. The second kappa shape index (κ2) is 1.91. The van der Waals surface area contributed by atoms with Crippen LogP contribution < -0.4 is 0 Å². The van der Waals surface area contributed by atoms with Crippen molar-refractivity contribution in [1.82, 2.24) is 19.6 Å². The fourth-order valence-corrected chi connectivity index (χ4v) is 0.911. The number of rotatable bonds is 0. The van der Waals surface area contributed by atoms with Crippen molar-refractivity contribution >= 4 is 17.2 Å². The van der Waals surface area contributed by atoms with E-state index in [1.54, 1.807) is 16.9 Å². The van der Waals surface area contributed by atoms with Crippen LogP contribution in [0, 0.1) is 0 Å². The van der Waals surface area contributed by atoms with Crippen LogP contribution in [-0.2, 0) is 0 Å². The van der Waals surface area contributed by atoms with Gasteiger partial charge in [-0.05, 0) is 0 Å². The van der Waals surface area contributed by atoms with Gasteiger partial charge in [-0.3, -0.25) is 9.38 Å². The minimum atomic E-state index is 0.516. The van der Waals surface area contributed by atoms with E-state index in [9.17, 15) is 0 Å². The monoisotopic (exact) mass is 154 g/mol. The van der Waals surface area contributed by atoms with Gasteiger partial charge in [-0.1, -0.05) is 11.6 Å². The average molecular weight is 155 g/mol. The smallest absolute Gasteiger partial charge is 0.180 e. The van der Waals surface area contributed by atoms with Gasteiger partial charge in [0.25, 0.3) is 0 Å². The average Bonchev–Trinajstić information content (AvgIpc) is 2.36. The molecule has 0 aliphatic rings. The van der Waals surface area contributed by atoms with Crippen LogP contribution >= 0.6 is 11.6 Å². The van der Waals surface area contributed by atoms with E-state index in [4.69, 9.17) is 11.6 Å².